The van der Waals surface area contributed by atoms with Crippen molar-refractivity contribution in [3.05, 3.63) is 46.5 Å². The fourth-order valence-electron chi connectivity index (χ4n) is 1.43. The van der Waals surface area contributed by atoms with Gasteiger partial charge in [-0.2, -0.15) is 0 Å². The fraction of sp³-hybridized carbons (Fsp3) is 0.231. The SMILES string of the molecule is C=CCOC(=O)N[C@@H](Cc1ccc(Cl)cc1Cl)C(=O)O. The summed E-state index contributed by atoms with van der Waals surface area (Å²) in [5.41, 5.74) is 0.562. The summed E-state index contributed by atoms with van der Waals surface area (Å²) in [7, 11) is 0. The van der Waals surface area contributed by atoms with Crippen LogP contribution in [0.15, 0.2) is 30.9 Å². The molecule has 0 radical (unpaired) electrons. The van der Waals surface area contributed by atoms with E-state index < -0.39 is 18.1 Å². The highest BCUT2D eigenvalue weighted by Gasteiger charge is 2.22. The molecule has 7 heteroatoms. The number of rotatable bonds is 6. The molecule has 108 valence electrons. The highest BCUT2D eigenvalue weighted by molar-refractivity contribution is 6.35. The van der Waals surface area contributed by atoms with E-state index in [1.807, 2.05) is 0 Å². The molecule has 20 heavy (non-hydrogen) atoms. The molecule has 0 bridgehead atoms. The van der Waals surface area contributed by atoms with Crippen molar-refractivity contribution in [3.63, 3.8) is 0 Å². The summed E-state index contributed by atoms with van der Waals surface area (Å²) in [6.45, 7) is 3.38. The first kappa shape index (κ1) is 16.3. The van der Waals surface area contributed by atoms with Gasteiger partial charge in [-0.05, 0) is 17.7 Å². The third-order valence-corrected chi connectivity index (χ3v) is 2.95. The van der Waals surface area contributed by atoms with E-state index in [1.54, 1.807) is 12.1 Å². The van der Waals surface area contributed by atoms with Crippen LogP contribution in [0.3, 0.4) is 0 Å². The maximum absolute atomic E-state index is 11.3. The van der Waals surface area contributed by atoms with Gasteiger partial charge in [-0.3, -0.25) is 0 Å². The number of carboxylic acid groups (broad SMARTS) is 1. The number of halogens is 2. The predicted molar refractivity (Wildman–Crippen MR) is 76.3 cm³/mol. The Morgan fingerprint density at radius 1 is 1.45 bits per heavy atom. The standard InChI is InChI=1S/C13H13Cl2NO4/c1-2-5-20-13(19)16-11(12(17)18)6-8-3-4-9(14)7-10(8)15/h2-4,7,11H,1,5-6H2,(H,16,19)(H,17,18)/t11-/m0/s1. The molecule has 0 aromatic heterocycles. The number of aliphatic carboxylic acids is 1. The third kappa shape index (κ3) is 5.11. The van der Waals surface area contributed by atoms with Crippen LogP contribution in [-0.4, -0.2) is 29.8 Å². The van der Waals surface area contributed by atoms with Crippen LogP contribution in [0.25, 0.3) is 0 Å². The molecule has 1 atom stereocenters. The van der Waals surface area contributed by atoms with Crippen molar-refractivity contribution in [1.29, 1.82) is 0 Å². The second kappa shape index (κ2) is 7.77. The molecule has 0 unspecified atom stereocenters. The maximum Gasteiger partial charge on any atom is 0.408 e. The molecule has 0 saturated heterocycles. The first-order chi connectivity index (χ1) is 9.43. The van der Waals surface area contributed by atoms with Crippen molar-refractivity contribution in [2.24, 2.45) is 0 Å². The van der Waals surface area contributed by atoms with Crippen LogP contribution in [0, 0.1) is 0 Å². The van der Waals surface area contributed by atoms with Crippen molar-refractivity contribution in [1.82, 2.24) is 5.32 Å². The minimum atomic E-state index is -1.19. The normalized spacial score (nSPS) is 11.5. The molecule has 2 N–H and O–H groups in total. The molecule has 1 aromatic carbocycles. The average molecular weight is 318 g/mol. The van der Waals surface area contributed by atoms with Crippen LogP contribution in [-0.2, 0) is 16.0 Å². The van der Waals surface area contributed by atoms with Crippen LogP contribution < -0.4 is 5.32 Å². The van der Waals surface area contributed by atoms with Crippen molar-refractivity contribution in [2.45, 2.75) is 12.5 Å². The average Bonchev–Trinajstić information content (AvgIpc) is 2.38. The van der Waals surface area contributed by atoms with Crippen molar-refractivity contribution >= 4 is 35.3 Å². The minimum absolute atomic E-state index is 0.000126. The summed E-state index contributed by atoms with van der Waals surface area (Å²) in [6, 6.07) is 3.56. The lowest BCUT2D eigenvalue weighted by molar-refractivity contribution is -0.139. The molecule has 0 aliphatic heterocycles. The van der Waals surface area contributed by atoms with E-state index in [1.165, 1.54) is 12.1 Å². The van der Waals surface area contributed by atoms with Gasteiger partial charge >= 0.3 is 12.1 Å². The van der Waals surface area contributed by atoms with E-state index in [-0.39, 0.29) is 13.0 Å². The van der Waals surface area contributed by atoms with Crippen LogP contribution in [0.4, 0.5) is 4.79 Å². The number of carbonyl (C=O) groups excluding carboxylic acids is 1. The van der Waals surface area contributed by atoms with Gasteiger partial charge in [-0.15, -0.1) is 0 Å². The van der Waals surface area contributed by atoms with Gasteiger partial charge in [0.15, 0.2) is 0 Å². The predicted octanol–water partition coefficient (Wildman–Crippen LogP) is 2.90. The van der Waals surface area contributed by atoms with Gasteiger partial charge in [0, 0.05) is 16.5 Å². The zero-order valence-electron chi connectivity index (χ0n) is 10.4. The van der Waals surface area contributed by atoms with E-state index in [2.05, 4.69) is 16.6 Å². The summed E-state index contributed by atoms with van der Waals surface area (Å²) in [4.78, 5) is 22.5. The first-order valence-electron chi connectivity index (χ1n) is 5.65. The lowest BCUT2D eigenvalue weighted by Crippen LogP contribution is -2.42. The lowest BCUT2D eigenvalue weighted by Gasteiger charge is -2.15. The quantitative estimate of drug-likeness (QED) is 0.791. The number of nitrogens with one attached hydrogen (secondary N) is 1. The molecule has 0 aliphatic rings. The Bertz CT molecular complexity index is 519. The number of carbonyl (C=O) groups is 2. The molecule has 0 heterocycles. The summed E-state index contributed by atoms with van der Waals surface area (Å²) in [5.74, 6) is -1.19. The molecule has 1 aromatic rings. The smallest absolute Gasteiger partial charge is 0.408 e. The summed E-state index contributed by atoms with van der Waals surface area (Å²) in [5, 5.41) is 12.1. The number of carboxylic acids is 1. The molecule has 0 spiro atoms. The van der Waals surface area contributed by atoms with Gasteiger partial charge in [-0.25, -0.2) is 9.59 Å². The number of benzene rings is 1. The molecule has 0 saturated carbocycles. The number of ether oxygens (including phenoxy) is 1. The van der Waals surface area contributed by atoms with Crippen LogP contribution in [0.2, 0.25) is 10.0 Å². The third-order valence-electron chi connectivity index (χ3n) is 2.36. The van der Waals surface area contributed by atoms with E-state index in [0.717, 1.165) is 0 Å². The van der Waals surface area contributed by atoms with Crippen molar-refractivity contribution in [2.75, 3.05) is 6.61 Å². The Hall–Kier alpha value is -1.72. The molecule has 0 fully saturated rings. The van der Waals surface area contributed by atoms with Crippen LogP contribution >= 0.6 is 23.2 Å². The summed E-state index contributed by atoms with van der Waals surface area (Å²) in [6.07, 6.45) is 0.572. The van der Waals surface area contributed by atoms with Crippen LogP contribution in [0.1, 0.15) is 5.56 Å². The van der Waals surface area contributed by atoms with E-state index in [9.17, 15) is 9.59 Å². The molecule has 5 nitrogen and oxygen atoms in total. The number of amides is 1. The zero-order chi connectivity index (χ0) is 15.1. The zero-order valence-corrected chi connectivity index (χ0v) is 11.9. The largest absolute Gasteiger partial charge is 0.480 e. The van der Waals surface area contributed by atoms with Gasteiger partial charge in [0.2, 0.25) is 0 Å². The first-order valence-corrected chi connectivity index (χ1v) is 6.40. The fourth-order valence-corrected chi connectivity index (χ4v) is 1.91. The Balaban J connectivity index is 2.74. The van der Waals surface area contributed by atoms with E-state index in [0.29, 0.717) is 15.6 Å². The second-order valence-corrected chi connectivity index (χ2v) is 4.71. The maximum atomic E-state index is 11.3. The van der Waals surface area contributed by atoms with Crippen molar-refractivity contribution in [3.8, 4) is 0 Å². The molecule has 1 rings (SSSR count). The van der Waals surface area contributed by atoms with Crippen LogP contribution in [0.5, 0.6) is 0 Å². The number of alkyl carbamates (subject to hydrolysis) is 1. The Kier molecular flexibility index (Phi) is 6.35. The van der Waals surface area contributed by atoms with Gasteiger partial charge in [0.25, 0.3) is 0 Å². The molecule has 0 aliphatic carbocycles. The monoisotopic (exact) mass is 317 g/mol. The molecular formula is C13H13Cl2NO4. The molecular weight excluding hydrogens is 305 g/mol. The minimum Gasteiger partial charge on any atom is -0.480 e. The summed E-state index contributed by atoms with van der Waals surface area (Å²) >= 11 is 11.7. The van der Waals surface area contributed by atoms with E-state index >= 15 is 0 Å². The Labute approximate surface area is 126 Å². The lowest BCUT2D eigenvalue weighted by atomic mass is 10.1. The number of hydrogen-bond acceptors (Lipinski definition) is 3. The topological polar surface area (TPSA) is 75.6 Å². The van der Waals surface area contributed by atoms with Gasteiger partial charge in [0.05, 0.1) is 0 Å². The highest BCUT2D eigenvalue weighted by Crippen LogP contribution is 2.22. The highest BCUT2D eigenvalue weighted by atomic mass is 35.5. The van der Waals surface area contributed by atoms with Gasteiger partial charge in [0.1, 0.15) is 12.6 Å². The van der Waals surface area contributed by atoms with Gasteiger partial charge < -0.3 is 15.2 Å². The Morgan fingerprint density at radius 2 is 2.15 bits per heavy atom. The van der Waals surface area contributed by atoms with Gasteiger partial charge in [-0.1, -0.05) is 41.9 Å². The van der Waals surface area contributed by atoms with E-state index in [4.69, 9.17) is 28.3 Å². The summed E-state index contributed by atoms with van der Waals surface area (Å²) < 4.78 is 4.67. The van der Waals surface area contributed by atoms with Crippen molar-refractivity contribution < 1.29 is 19.4 Å². The Morgan fingerprint density at radius 3 is 2.70 bits per heavy atom. The number of hydrogen-bond donors (Lipinski definition) is 2. The molecule has 1 amide bonds. The second-order valence-electron chi connectivity index (χ2n) is 3.86.